The van der Waals surface area contributed by atoms with Crippen molar-refractivity contribution in [3.05, 3.63) is 34.1 Å². The summed E-state index contributed by atoms with van der Waals surface area (Å²) in [5, 5.41) is 10.6. The van der Waals surface area contributed by atoms with Crippen molar-refractivity contribution in [1.29, 1.82) is 0 Å². The molecule has 0 aromatic heterocycles. The van der Waals surface area contributed by atoms with Crippen LogP contribution in [0.4, 0.5) is 10.1 Å². The van der Waals surface area contributed by atoms with Gasteiger partial charge in [-0.1, -0.05) is 0 Å². The maximum absolute atomic E-state index is 13.2. The van der Waals surface area contributed by atoms with Crippen molar-refractivity contribution >= 4 is 5.69 Å². The van der Waals surface area contributed by atoms with Crippen LogP contribution >= 0.6 is 0 Å². The summed E-state index contributed by atoms with van der Waals surface area (Å²) in [7, 11) is 0. The number of ether oxygens (including phenoxy) is 1. The topological polar surface area (TPSA) is 78.4 Å². The SMILES string of the molecule is NC1CCCC(Oc2cc(F)cc([N+](=O)[O-])c2)C1. The lowest BCUT2D eigenvalue weighted by Crippen LogP contribution is -2.33. The number of hydrogen-bond acceptors (Lipinski definition) is 4. The van der Waals surface area contributed by atoms with Crippen LogP contribution in [0.25, 0.3) is 0 Å². The largest absolute Gasteiger partial charge is 0.490 e. The average Bonchev–Trinajstić information content (AvgIpc) is 2.28. The molecular weight excluding hydrogens is 239 g/mol. The van der Waals surface area contributed by atoms with E-state index in [1.54, 1.807) is 0 Å². The summed E-state index contributed by atoms with van der Waals surface area (Å²) in [5.41, 5.74) is 5.52. The van der Waals surface area contributed by atoms with E-state index in [-0.39, 0.29) is 23.6 Å². The molecular formula is C12H15FN2O3. The number of nitro groups is 1. The summed E-state index contributed by atoms with van der Waals surface area (Å²) in [5.74, 6) is -0.472. The molecule has 0 bridgehead atoms. The first kappa shape index (κ1) is 12.8. The molecule has 2 unspecified atom stereocenters. The Kier molecular flexibility index (Phi) is 3.76. The van der Waals surface area contributed by atoms with E-state index < -0.39 is 10.7 Å². The summed E-state index contributed by atoms with van der Waals surface area (Å²) < 4.78 is 18.8. The third kappa shape index (κ3) is 3.16. The average molecular weight is 254 g/mol. The van der Waals surface area contributed by atoms with Gasteiger partial charge in [0.25, 0.3) is 5.69 Å². The minimum absolute atomic E-state index is 0.0878. The molecule has 1 aliphatic rings. The molecule has 6 heteroatoms. The summed E-state index contributed by atoms with van der Waals surface area (Å²) in [4.78, 5) is 9.98. The molecule has 1 aromatic rings. The Morgan fingerprint density at radius 1 is 1.39 bits per heavy atom. The zero-order valence-corrected chi connectivity index (χ0v) is 9.84. The molecule has 2 atom stereocenters. The van der Waals surface area contributed by atoms with Crippen molar-refractivity contribution in [2.75, 3.05) is 0 Å². The van der Waals surface area contributed by atoms with Gasteiger partial charge in [-0.05, 0) is 25.7 Å². The van der Waals surface area contributed by atoms with E-state index in [1.807, 2.05) is 0 Å². The summed E-state index contributed by atoms with van der Waals surface area (Å²) in [6.07, 6.45) is 3.38. The van der Waals surface area contributed by atoms with Crippen molar-refractivity contribution in [2.45, 2.75) is 37.8 Å². The van der Waals surface area contributed by atoms with Gasteiger partial charge in [-0.25, -0.2) is 4.39 Å². The fraction of sp³-hybridized carbons (Fsp3) is 0.500. The van der Waals surface area contributed by atoms with Gasteiger partial charge in [0.2, 0.25) is 0 Å². The number of hydrogen-bond donors (Lipinski definition) is 1. The van der Waals surface area contributed by atoms with Crippen molar-refractivity contribution in [3.8, 4) is 5.75 Å². The van der Waals surface area contributed by atoms with Crippen LogP contribution in [0.5, 0.6) is 5.75 Å². The monoisotopic (exact) mass is 254 g/mol. The van der Waals surface area contributed by atoms with E-state index >= 15 is 0 Å². The third-order valence-electron chi connectivity index (χ3n) is 3.04. The molecule has 2 rings (SSSR count). The van der Waals surface area contributed by atoms with E-state index in [2.05, 4.69) is 0 Å². The fourth-order valence-corrected chi connectivity index (χ4v) is 2.20. The molecule has 1 aliphatic carbocycles. The maximum atomic E-state index is 13.2. The first-order chi connectivity index (χ1) is 8.54. The zero-order chi connectivity index (χ0) is 13.1. The van der Waals surface area contributed by atoms with Crippen LogP contribution in [-0.4, -0.2) is 17.1 Å². The second kappa shape index (κ2) is 5.30. The van der Waals surface area contributed by atoms with Crippen LogP contribution in [0.2, 0.25) is 0 Å². The molecule has 2 N–H and O–H groups in total. The molecule has 98 valence electrons. The van der Waals surface area contributed by atoms with Gasteiger partial charge in [0, 0.05) is 12.1 Å². The van der Waals surface area contributed by atoms with Gasteiger partial charge >= 0.3 is 0 Å². The van der Waals surface area contributed by atoms with E-state index in [0.29, 0.717) is 6.42 Å². The molecule has 1 fully saturated rings. The number of benzene rings is 1. The van der Waals surface area contributed by atoms with E-state index in [1.165, 1.54) is 6.07 Å². The predicted octanol–water partition coefficient (Wildman–Crippen LogP) is 2.38. The maximum Gasteiger partial charge on any atom is 0.276 e. The van der Waals surface area contributed by atoms with Crippen LogP contribution < -0.4 is 10.5 Å². The minimum atomic E-state index is -0.667. The fourth-order valence-electron chi connectivity index (χ4n) is 2.20. The number of nitrogens with two attached hydrogens (primary N) is 1. The van der Waals surface area contributed by atoms with Crippen molar-refractivity contribution in [3.63, 3.8) is 0 Å². The number of non-ortho nitro benzene ring substituents is 1. The van der Waals surface area contributed by atoms with Crippen LogP contribution in [-0.2, 0) is 0 Å². The highest BCUT2D eigenvalue weighted by Crippen LogP contribution is 2.26. The van der Waals surface area contributed by atoms with Crippen molar-refractivity contribution < 1.29 is 14.1 Å². The van der Waals surface area contributed by atoms with Gasteiger partial charge in [0.05, 0.1) is 17.1 Å². The number of rotatable bonds is 3. The quantitative estimate of drug-likeness (QED) is 0.663. The van der Waals surface area contributed by atoms with E-state index in [9.17, 15) is 14.5 Å². The Balaban J connectivity index is 2.10. The van der Waals surface area contributed by atoms with Gasteiger partial charge in [-0.15, -0.1) is 0 Å². The molecule has 0 heterocycles. The molecule has 0 radical (unpaired) electrons. The predicted molar refractivity (Wildman–Crippen MR) is 63.9 cm³/mol. The van der Waals surface area contributed by atoms with Gasteiger partial charge in [0.15, 0.2) is 0 Å². The second-order valence-corrected chi connectivity index (χ2v) is 4.57. The Morgan fingerprint density at radius 2 is 2.17 bits per heavy atom. The van der Waals surface area contributed by atoms with Crippen LogP contribution in [0.1, 0.15) is 25.7 Å². The second-order valence-electron chi connectivity index (χ2n) is 4.57. The first-order valence-electron chi connectivity index (χ1n) is 5.92. The number of nitro benzene ring substituents is 1. The lowest BCUT2D eigenvalue weighted by atomic mass is 9.93. The normalized spacial score (nSPS) is 23.7. The van der Waals surface area contributed by atoms with Crippen molar-refractivity contribution in [1.82, 2.24) is 0 Å². The van der Waals surface area contributed by atoms with Gasteiger partial charge in [0.1, 0.15) is 17.7 Å². The Labute approximate surface area is 104 Å². The smallest absolute Gasteiger partial charge is 0.276 e. The molecule has 0 saturated heterocycles. The summed E-state index contributed by atoms with van der Waals surface area (Å²) in [6, 6.07) is 3.36. The first-order valence-corrected chi connectivity index (χ1v) is 5.92. The molecule has 1 saturated carbocycles. The minimum Gasteiger partial charge on any atom is -0.490 e. The van der Waals surface area contributed by atoms with Crippen LogP contribution in [0.15, 0.2) is 18.2 Å². The van der Waals surface area contributed by atoms with E-state index in [4.69, 9.17) is 10.5 Å². The number of nitrogens with zero attached hydrogens (tertiary/aromatic N) is 1. The Morgan fingerprint density at radius 3 is 2.83 bits per heavy atom. The Bertz CT molecular complexity index is 453. The number of halogens is 1. The highest BCUT2D eigenvalue weighted by Gasteiger charge is 2.21. The van der Waals surface area contributed by atoms with Gasteiger partial charge < -0.3 is 10.5 Å². The molecule has 1 aromatic carbocycles. The zero-order valence-electron chi connectivity index (χ0n) is 9.84. The lowest BCUT2D eigenvalue weighted by molar-refractivity contribution is -0.385. The third-order valence-corrected chi connectivity index (χ3v) is 3.04. The van der Waals surface area contributed by atoms with Crippen LogP contribution in [0, 0.1) is 15.9 Å². The van der Waals surface area contributed by atoms with Gasteiger partial charge in [-0.2, -0.15) is 0 Å². The van der Waals surface area contributed by atoms with Crippen LogP contribution in [0.3, 0.4) is 0 Å². The highest BCUT2D eigenvalue weighted by molar-refractivity contribution is 5.39. The lowest BCUT2D eigenvalue weighted by Gasteiger charge is -2.27. The molecule has 18 heavy (non-hydrogen) atoms. The molecule has 0 amide bonds. The molecule has 0 spiro atoms. The Hall–Kier alpha value is -1.69. The van der Waals surface area contributed by atoms with E-state index in [0.717, 1.165) is 31.4 Å². The molecule has 0 aliphatic heterocycles. The highest BCUT2D eigenvalue weighted by atomic mass is 19.1. The van der Waals surface area contributed by atoms with Crippen molar-refractivity contribution in [2.24, 2.45) is 5.73 Å². The standard InChI is InChI=1S/C12H15FN2O3/c13-8-4-10(15(16)17)7-12(5-8)18-11-3-1-2-9(14)6-11/h4-5,7,9,11H,1-3,6,14H2. The summed E-state index contributed by atoms with van der Waals surface area (Å²) >= 11 is 0. The van der Waals surface area contributed by atoms with Gasteiger partial charge in [-0.3, -0.25) is 10.1 Å². The summed E-state index contributed by atoms with van der Waals surface area (Å²) in [6.45, 7) is 0. The molecule has 5 nitrogen and oxygen atoms in total.